The van der Waals surface area contributed by atoms with Crippen LogP contribution in [0.2, 0.25) is 0 Å². The van der Waals surface area contributed by atoms with E-state index in [0.717, 1.165) is 0 Å². The van der Waals surface area contributed by atoms with Crippen molar-refractivity contribution < 1.29 is 14.3 Å². The van der Waals surface area contributed by atoms with Gasteiger partial charge in [0.1, 0.15) is 0 Å². The minimum atomic E-state index is -0.226. The highest BCUT2D eigenvalue weighted by Gasteiger charge is 2.07. The smallest absolute Gasteiger partial charge is 0.236 e. The summed E-state index contributed by atoms with van der Waals surface area (Å²) >= 11 is 0. The fourth-order valence-electron chi connectivity index (χ4n) is 1.77. The van der Waals surface area contributed by atoms with Crippen molar-refractivity contribution in [1.29, 1.82) is 0 Å². The maximum atomic E-state index is 11.9. The maximum Gasteiger partial charge on any atom is 0.236 e. The number of methoxy groups -OCH3 is 2. The highest BCUT2D eigenvalue weighted by atomic mass is 16.5. The van der Waals surface area contributed by atoms with E-state index in [9.17, 15) is 4.79 Å². The van der Waals surface area contributed by atoms with Crippen LogP contribution in [0.25, 0.3) is 0 Å². The van der Waals surface area contributed by atoms with Crippen LogP contribution in [-0.2, 0) is 0 Å². The van der Waals surface area contributed by atoms with E-state index in [4.69, 9.17) is 9.47 Å². The normalized spacial score (nSPS) is 9.30. The quantitative estimate of drug-likeness (QED) is 0.633. The highest BCUT2D eigenvalue weighted by molar-refractivity contribution is 6.09. The van der Waals surface area contributed by atoms with Crippen LogP contribution in [-0.4, -0.2) is 20.0 Å². The molecule has 0 radical (unpaired) electrons. The van der Waals surface area contributed by atoms with Crippen LogP contribution in [0.5, 0.6) is 11.5 Å². The molecule has 3 heteroatoms. The van der Waals surface area contributed by atoms with Crippen molar-refractivity contribution in [3.8, 4) is 23.3 Å². The Morgan fingerprint density at radius 1 is 0.950 bits per heavy atom. The Morgan fingerprint density at radius 2 is 1.70 bits per heavy atom. The number of ether oxygens (including phenoxy) is 2. The van der Waals surface area contributed by atoms with Gasteiger partial charge in [0.2, 0.25) is 5.78 Å². The third-order valence-corrected chi connectivity index (χ3v) is 2.75. The van der Waals surface area contributed by atoms with Gasteiger partial charge in [-0.15, -0.1) is 0 Å². The molecule has 0 atom stereocenters. The molecule has 0 aliphatic rings. The summed E-state index contributed by atoms with van der Waals surface area (Å²) < 4.78 is 10.5. The van der Waals surface area contributed by atoms with Gasteiger partial charge in [0.25, 0.3) is 0 Å². The van der Waals surface area contributed by atoms with E-state index in [-0.39, 0.29) is 5.78 Å². The average molecular weight is 266 g/mol. The van der Waals surface area contributed by atoms with Crippen molar-refractivity contribution >= 4 is 5.78 Å². The molecule has 100 valence electrons. The Labute approximate surface area is 118 Å². The van der Waals surface area contributed by atoms with Gasteiger partial charge in [0, 0.05) is 5.56 Å². The van der Waals surface area contributed by atoms with Gasteiger partial charge >= 0.3 is 0 Å². The van der Waals surface area contributed by atoms with Crippen molar-refractivity contribution in [3.05, 3.63) is 59.7 Å². The van der Waals surface area contributed by atoms with E-state index in [1.54, 1.807) is 56.7 Å². The van der Waals surface area contributed by atoms with E-state index < -0.39 is 0 Å². The molecule has 2 aromatic carbocycles. The summed E-state index contributed by atoms with van der Waals surface area (Å²) in [6.45, 7) is 0. The highest BCUT2D eigenvalue weighted by Crippen LogP contribution is 2.29. The zero-order chi connectivity index (χ0) is 14.4. The molecule has 0 unspecified atom stereocenters. The Morgan fingerprint density at radius 3 is 2.35 bits per heavy atom. The summed E-state index contributed by atoms with van der Waals surface area (Å²) in [5, 5.41) is 0. The lowest BCUT2D eigenvalue weighted by Gasteiger charge is -2.08. The molecule has 0 aliphatic carbocycles. The van der Waals surface area contributed by atoms with Crippen molar-refractivity contribution in [2.75, 3.05) is 14.2 Å². The number of carbonyl (C=O) groups excluding carboxylic acids is 1. The first-order valence-electron chi connectivity index (χ1n) is 6.08. The Hall–Kier alpha value is -2.73. The Bertz CT molecular complexity index is 664. The van der Waals surface area contributed by atoms with Gasteiger partial charge in [0.15, 0.2) is 11.5 Å². The monoisotopic (exact) mass is 266 g/mol. The fourth-order valence-corrected chi connectivity index (χ4v) is 1.77. The topological polar surface area (TPSA) is 35.5 Å². The number of rotatable bonds is 3. The molecular formula is C17H14O3. The number of hydrogen-bond acceptors (Lipinski definition) is 3. The molecule has 20 heavy (non-hydrogen) atoms. The maximum absolute atomic E-state index is 11.9. The zero-order valence-corrected chi connectivity index (χ0v) is 11.3. The first-order valence-corrected chi connectivity index (χ1v) is 6.08. The molecular weight excluding hydrogens is 252 g/mol. The number of carbonyl (C=O) groups is 1. The van der Waals surface area contributed by atoms with Crippen LogP contribution in [0.15, 0.2) is 48.5 Å². The van der Waals surface area contributed by atoms with E-state index >= 15 is 0 Å². The summed E-state index contributed by atoms with van der Waals surface area (Å²) in [5.74, 6) is 6.34. The minimum Gasteiger partial charge on any atom is -0.493 e. The third-order valence-electron chi connectivity index (χ3n) is 2.75. The van der Waals surface area contributed by atoms with E-state index in [1.807, 2.05) is 6.07 Å². The molecule has 0 bridgehead atoms. The lowest BCUT2D eigenvalue weighted by atomic mass is 10.1. The van der Waals surface area contributed by atoms with Crippen LogP contribution in [0.3, 0.4) is 0 Å². The Kier molecular flexibility index (Phi) is 4.41. The first kappa shape index (κ1) is 13.7. The summed E-state index contributed by atoms with van der Waals surface area (Å²) in [5.41, 5.74) is 1.19. The number of Topliss-reactive ketones (excluding diaryl/α,β-unsaturated/α-hetero) is 1. The van der Waals surface area contributed by atoms with Crippen molar-refractivity contribution in [3.63, 3.8) is 0 Å². The first-order chi connectivity index (χ1) is 9.76. The summed E-state index contributed by atoms with van der Waals surface area (Å²) in [7, 11) is 3.10. The number of benzene rings is 2. The SMILES string of the molecule is COc1cccc(C#CC(=O)c2ccccc2)c1OC. The van der Waals surface area contributed by atoms with Crippen molar-refractivity contribution in [2.24, 2.45) is 0 Å². The molecule has 0 spiro atoms. The number of ketones is 1. The van der Waals surface area contributed by atoms with Gasteiger partial charge in [-0.05, 0) is 18.1 Å². The van der Waals surface area contributed by atoms with Gasteiger partial charge in [-0.2, -0.15) is 0 Å². The second-order valence-electron chi connectivity index (χ2n) is 3.99. The van der Waals surface area contributed by atoms with Crippen LogP contribution < -0.4 is 9.47 Å². The second-order valence-corrected chi connectivity index (χ2v) is 3.99. The van der Waals surface area contributed by atoms with Crippen molar-refractivity contribution in [2.45, 2.75) is 0 Å². The van der Waals surface area contributed by atoms with Crippen molar-refractivity contribution in [1.82, 2.24) is 0 Å². The molecule has 3 nitrogen and oxygen atoms in total. The summed E-state index contributed by atoms with van der Waals surface area (Å²) in [6, 6.07) is 14.3. The molecule has 2 aromatic rings. The molecule has 0 saturated carbocycles. The molecule has 0 heterocycles. The summed E-state index contributed by atoms with van der Waals surface area (Å²) in [4.78, 5) is 11.9. The van der Waals surface area contributed by atoms with Gasteiger partial charge < -0.3 is 9.47 Å². The Balaban J connectivity index is 2.32. The van der Waals surface area contributed by atoms with Crippen LogP contribution >= 0.6 is 0 Å². The van der Waals surface area contributed by atoms with E-state index in [1.165, 1.54) is 0 Å². The van der Waals surface area contributed by atoms with Crippen LogP contribution in [0, 0.1) is 11.8 Å². The van der Waals surface area contributed by atoms with Crippen LogP contribution in [0.1, 0.15) is 15.9 Å². The van der Waals surface area contributed by atoms with Gasteiger partial charge in [0.05, 0.1) is 19.8 Å². The number of para-hydroxylation sites is 1. The molecule has 0 N–H and O–H groups in total. The molecule has 0 fully saturated rings. The molecule has 0 aromatic heterocycles. The lowest BCUT2D eigenvalue weighted by Crippen LogP contribution is -1.96. The van der Waals surface area contributed by atoms with Gasteiger partial charge in [-0.3, -0.25) is 4.79 Å². The van der Waals surface area contributed by atoms with E-state index in [2.05, 4.69) is 11.8 Å². The van der Waals surface area contributed by atoms with Crippen LogP contribution in [0.4, 0.5) is 0 Å². The number of hydrogen-bond donors (Lipinski definition) is 0. The zero-order valence-electron chi connectivity index (χ0n) is 11.3. The third kappa shape index (κ3) is 2.99. The predicted octanol–water partition coefficient (Wildman–Crippen LogP) is 2.94. The molecule has 2 rings (SSSR count). The largest absolute Gasteiger partial charge is 0.493 e. The van der Waals surface area contributed by atoms with E-state index in [0.29, 0.717) is 22.6 Å². The molecule has 0 saturated heterocycles. The fraction of sp³-hybridized carbons (Fsp3) is 0.118. The van der Waals surface area contributed by atoms with Gasteiger partial charge in [-0.1, -0.05) is 42.3 Å². The standard InChI is InChI=1S/C17H14O3/c1-19-16-10-6-9-14(17(16)20-2)11-12-15(18)13-7-4-3-5-8-13/h3-10H,1-2H3. The second kappa shape index (κ2) is 6.44. The van der Waals surface area contributed by atoms with Gasteiger partial charge in [-0.25, -0.2) is 0 Å². The predicted molar refractivity (Wildman–Crippen MR) is 77.2 cm³/mol. The molecule has 0 amide bonds. The molecule has 0 aliphatic heterocycles. The summed E-state index contributed by atoms with van der Waals surface area (Å²) in [6.07, 6.45) is 0. The average Bonchev–Trinajstić information content (AvgIpc) is 2.52. The minimum absolute atomic E-state index is 0.226. The lowest BCUT2D eigenvalue weighted by molar-refractivity contribution is 0.105.